The molecule has 6 aromatic rings. The summed E-state index contributed by atoms with van der Waals surface area (Å²) in [5.74, 6) is -0.443. The van der Waals surface area contributed by atoms with Gasteiger partial charge in [0.05, 0.1) is 11.1 Å². The highest BCUT2D eigenvalue weighted by Gasteiger charge is 2.32. The van der Waals surface area contributed by atoms with Gasteiger partial charge in [-0.3, -0.25) is 4.79 Å². The van der Waals surface area contributed by atoms with Crippen molar-refractivity contribution in [2.75, 3.05) is 0 Å². The number of benzene rings is 3. The van der Waals surface area contributed by atoms with Crippen molar-refractivity contribution in [3.05, 3.63) is 132 Å². The Bertz CT molecular complexity index is 2360. The van der Waals surface area contributed by atoms with E-state index in [0.29, 0.717) is 39.6 Å². The first-order valence-electron chi connectivity index (χ1n) is 13.8. The van der Waals surface area contributed by atoms with Gasteiger partial charge in [-0.2, -0.15) is 0 Å². The third kappa shape index (κ3) is 5.10. The maximum Gasteiger partial charge on any atom is 0.339 e. The highest BCUT2D eigenvalue weighted by Crippen LogP contribution is 2.43. The Kier molecular flexibility index (Phi) is 6.51. The molecule has 2 N–H and O–H groups in total. The second kappa shape index (κ2) is 10.6. The van der Waals surface area contributed by atoms with Crippen LogP contribution in [0.15, 0.2) is 100 Å². The number of ether oxygens (including phenoxy) is 2. The average Bonchev–Trinajstić information content (AvgIpc) is 2.98. The van der Waals surface area contributed by atoms with Crippen LogP contribution in [0.1, 0.15) is 41.0 Å². The monoisotopic (exact) mass is 606 g/mol. The number of hydrogen-bond donors (Lipinski definition) is 2. The van der Waals surface area contributed by atoms with Crippen LogP contribution in [0.2, 0.25) is 0 Å². The Labute approximate surface area is 252 Å². The van der Waals surface area contributed by atoms with Crippen molar-refractivity contribution < 1.29 is 37.7 Å². The Morgan fingerprint density at radius 2 is 1.58 bits per heavy atom. The molecular formula is C34H22O11. The Balaban J connectivity index is 1.32. The van der Waals surface area contributed by atoms with E-state index in [2.05, 4.69) is 0 Å². The number of hydrogen-bond acceptors (Lipinski definition) is 11. The van der Waals surface area contributed by atoms with Gasteiger partial charge in [0.2, 0.25) is 0 Å². The van der Waals surface area contributed by atoms with Crippen molar-refractivity contribution in [3.63, 3.8) is 0 Å². The van der Waals surface area contributed by atoms with E-state index in [1.165, 1.54) is 43.3 Å². The normalized spacial score (nSPS) is 13.7. The summed E-state index contributed by atoms with van der Waals surface area (Å²) in [5.41, 5.74) is 0.924. The maximum atomic E-state index is 13.4. The third-order valence-electron chi connectivity index (χ3n) is 7.52. The van der Waals surface area contributed by atoms with Gasteiger partial charge in [0, 0.05) is 47.9 Å². The molecule has 4 heterocycles. The summed E-state index contributed by atoms with van der Waals surface area (Å²) in [6.45, 7) is 1.23. The SMILES string of the molecule is CC(=O)OC1Oc2ccc(Cc3cc(=O)oc4cc(O)ccc34)cc2-c2oc(=O)c(Cc3cc(=O)oc4c(O)cccc34)cc21. The fourth-order valence-corrected chi connectivity index (χ4v) is 5.59. The summed E-state index contributed by atoms with van der Waals surface area (Å²) >= 11 is 0. The standard InChI is InChI=1S/C34H22O11/c1-16(35)41-34-25-12-20(11-19-14-30(39)44-32-23(19)3-2-4-26(32)37)33(40)45-31(25)24-10-17(5-8-27(24)43-34)9-18-13-29(38)42-28-15-21(36)6-7-22(18)28/h2-8,10,12-15,34,36-37H,9,11H2,1H3. The van der Waals surface area contributed by atoms with Crippen LogP contribution in [-0.2, 0) is 22.4 Å². The van der Waals surface area contributed by atoms with Gasteiger partial charge in [-0.05, 0) is 59.5 Å². The van der Waals surface area contributed by atoms with Crippen LogP contribution >= 0.6 is 0 Å². The number of esters is 1. The van der Waals surface area contributed by atoms with Gasteiger partial charge < -0.3 is 32.9 Å². The molecule has 0 amide bonds. The molecule has 1 unspecified atom stereocenters. The number of para-hydroxylation sites is 1. The van der Waals surface area contributed by atoms with Crippen molar-refractivity contribution in [1.29, 1.82) is 0 Å². The molecule has 3 aromatic heterocycles. The summed E-state index contributed by atoms with van der Waals surface area (Å²) in [6, 6.07) is 18.4. The summed E-state index contributed by atoms with van der Waals surface area (Å²) in [4.78, 5) is 49.9. The molecule has 224 valence electrons. The lowest BCUT2D eigenvalue weighted by atomic mass is 9.95. The Hall–Kier alpha value is -6.10. The van der Waals surface area contributed by atoms with Gasteiger partial charge in [-0.25, -0.2) is 14.4 Å². The van der Waals surface area contributed by atoms with E-state index in [-0.39, 0.29) is 46.0 Å². The van der Waals surface area contributed by atoms with Gasteiger partial charge in [0.1, 0.15) is 17.1 Å². The van der Waals surface area contributed by atoms with E-state index in [1.54, 1.807) is 36.4 Å². The molecule has 0 aliphatic carbocycles. The number of fused-ring (bicyclic) bond motifs is 5. The van der Waals surface area contributed by atoms with Gasteiger partial charge >= 0.3 is 22.8 Å². The Morgan fingerprint density at radius 3 is 2.38 bits per heavy atom. The average molecular weight is 607 g/mol. The van der Waals surface area contributed by atoms with Crippen LogP contribution in [-0.4, -0.2) is 16.2 Å². The summed E-state index contributed by atoms with van der Waals surface area (Å²) < 4.78 is 27.7. The van der Waals surface area contributed by atoms with Gasteiger partial charge in [-0.1, -0.05) is 18.2 Å². The van der Waals surface area contributed by atoms with E-state index in [9.17, 15) is 29.4 Å². The fraction of sp³-hybridized carbons (Fsp3) is 0.118. The molecule has 11 nitrogen and oxygen atoms in total. The minimum atomic E-state index is -1.23. The number of phenolic OH excluding ortho intramolecular Hbond substituents is 2. The molecule has 11 heteroatoms. The lowest BCUT2D eigenvalue weighted by molar-refractivity contribution is -0.162. The number of aromatic hydroxyl groups is 2. The third-order valence-corrected chi connectivity index (χ3v) is 7.52. The molecule has 0 bridgehead atoms. The van der Waals surface area contributed by atoms with Crippen LogP contribution in [0, 0.1) is 0 Å². The fourth-order valence-electron chi connectivity index (χ4n) is 5.59. The smallest absolute Gasteiger partial charge is 0.339 e. The molecule has 0 saturated heterocycles. The highest BCUT2D eigenvalue weighted by molar-refractivity contribution is 5.85. The summed E-state index contributed by atoms with van der Waals surface area (Å²) in [5, 5.41) is 21.1. The quantitative estimate of drug-likeness (QED) is 0.199. The highest BCUT2D eigenvalue weighted by atomic mass is 16.7. The molecular weight excluding hydrogens is 584 g/mol. The van der Waals surface area contributed by atoms with Gasteiger partial charge in [0.15, 0.2) is 17.1 Å². The van der Waals surface area contributed by atoms with Crippen LogP contribution < -0.4 is 21.6 Å². The van der Waals surface area contributed by atoms with Crippen molar-refractivity contribution in [3.8, 4) is 28.6 Å². The molecule has 0 saturated carbocycles. The molecule has 1 atom stereocenters. The van der Waals surface area contributed by atoms with Crippen LogP contribution in [0.3, 0.4) is 0 Å². The minimum Gasteiger partial charge on any atom is -0.508 e. The summed E-state index contributed by atoms with van der Waals surface area (Å²) in [6.07, 6.45) is -0.988. The second-order valence-electron chi connectivity index (χ2n) is 10.6. The zero-order valence-electron chi connectivity index (χ0n) is 23.5. The van der Waals surface area contributed by atoms with Crippen LogP contribution in [0.5, 0.6) is 17.2 Å². The zero-order valence-corrected chi connectivity index (χ0v) is 23.5. The molecule has 3 aromatic carbocycles. The van der Waals surface area contributed by atoms with Crippen molar-refractivity contribution in [1.82, 2.24) is 0 Å². The number of phenols is 2. The number of carbonyl (C=O) groups excluding carboxylic acids is 1. The first kappa shape index (κ1) is 27.7. The molecule has 45 heavy (non-hydrogen) atoms. The molecule has 7 rings (SSSR count). The van der Waals surface area contributed by atoms with Crippen molar-refractivity contribution in [2.24, 2.45) is 0 Å². The molecule has 0 radical (unpaired) electrons. The largest absolute Gasteiger partial charge is 0.508 e. The minimum absolute atomic E-state index is 0.00862. The predicted octanol–water partition coefficient (Wildman–Crippen LogP) is 5.07. The van der Waals surface area contributed by atoms with E-state index in [1.807, 2.05) is 0 Å². The van der Waals surface area contributed by atoms with Crippen LogP contribution in [0.25, 0.3) is 33.3 Å². The first-order valence-corrected chi connectivity index (χ1v) is 13.8. The Morgan fingerprint density at radius 1 is 0.800 bits per heavy atom. The van der Waals surface area contributed by atoms with E-state index >= 15 is 0 Å². The van der Waals surface area contributed by atoms with E-state index < -0.39 is 29.1 Å². The number of rotatable bonds is 5. The number of carbonyl (C=O) groups is 1. The van der Waals surface area contributed by atoms with E-state index in [0.717, 1.165) is 5.56 Å². The maximum absolute atomic E-state index is 13.4. The zero-order chi connectivity index (χ0) is 31.4. The molecule has 1 aliphatic heterocycles. The van der Waals surface area contributed by atoms with Crippen molar-refractivity contribution in [2.45, 2.75) is 26.1 Å². The van der Waals surface area contributed by atoms with Gasteiger partial charge in [0.25, 0.3) is 6.29 Å². The molecule has 1 aliphatic rings. The lowest BCUT2D eigenvalue weighted by Crippen LogP contribution is -2.22. The van der Waals surface area contributed by atoms with E-state index in [4.69, 9.17) is 22.7 Å². The van der Waals surface area contributed by atoms with Crippen LogP contribution in [0.4, 0.5) is 0 Å². The molecule has 0 fully saturated rings. The first-order chi connectivity index (χ1) is 21.6. The lowest BCUT2D eigenvalue weighted by Gasteiger charge is -2.27. The summed E-state index contributed by atoms with van der Waals surface area (Å²) in [7, 11) is 0. The van der Waals surface area contributed by atoms with Gasteiger partial charge in [-0.15, -0.1) is 0 Å². The predicted molar refractivity (Wildman–Crippen MR) is 159 cm³/mol. The topological polar surface area (TPSA) is 167 Å². The second-order valence-corrected chi connectivity index (χ2v) is 10.6. The molecule has 0 spiro atoms. The van der Waals surface area contributed by atoms with Crippen molar-refractivity contribution >= 4 is 27.9 Å².